The van der Waals surface area contributed by atoms with Crippen molar-refractivity contribution in [2.75, 3.05) is 0 Å². The number of rotatable bonds is 1. The molecule has 14 atom stereocenters. The predicted molar refractivity (Wildman–Crippen MR) is 134 cm³/mol. The molecule has 2 aliphatic heterocycles. The van der Waals surface area contributed by atoms with Crippen LogP contribution < -0.4 is 0 Å². The summed E-state index contributed by atoms with van der Waals surface area (Å²) in [6.07, 6.45) is 3.94. The molecular weight excluding hydrogens is 456 g/mol. The molecule has 0 aromatic heterocycles. The lowest BCUT2D eigenvalue weighted by Gasteiger charge is -2.64. The molecule has 36 heavy (non-hydrogen) atoms. The van der Waals surface area contributed by atoms with Gasteiger partial charge in [-0.3, -0.25) is 0 Å². The van der Waals surface area contributed by atoms with Gasteiger partial charge < -0.3 is 29.9 Å². The molecule has 0 aromatic rings. The molecule has 5 aliphatic carbocycles. The highest BCUT2D eigenvalue weighted by molar-refractivity contribution is 5.35. The predicted octanol–water partition coefficient (Wildman–Crippen LogP) is 3.63. The Kier molecular flexibility index (Phi) is 4.51. The third kappa shape index (κ3) is 2.29. The Bertz CT molecular complexity index is 990. The lowest BCUT2D eigenvalue weighted by atomic mass is 9.41. The third-order valence-corrected chi connectivity index (χ3v) is 14.2. The monoisotopic (exact) mass is 504 g/mol. The zero-order valence-corrected chi connectivity index (χ0v) is 23.3. The molecule has 5 saturated carbocycles. The van der Waals surface area contributed by atoms with Gasteiger partial charge in [0.15, 0.2) is 5.79 Å². The first-order valence-electron chi connectivity index (χ1n) is 14.7. The summed E-state index contributed by atoms with van der Waals surface area (Å²) in [6.45, 7) is 15.0. The van der Waals surface area contributed by atoms with Crippen molar-refractivity contribution in [3.63, 3.8) is 0 Å². The van der Waals surface area contributed by atoms with E-state index >= 15 is 0 Å². The summed E-state index contributed by atoms with van der Waals surface area (Å²) >= 11 is 0. The van der Waals surface area contributed by atoms with Crippen LogP contribution in [0.15, 0.2) is 0 Å². The molecule has 0 radical (unpaired) electrons. The van der Waals surface area contributed by atoms with E-state index in [1.54, 1.807) is 13.8 Å². The van der Waals surface area contributed by atoms with Crippen molar-refractivity contribution in [3.05, 3.63) is 0 Å². The number of hydrogen-bond acceptors (Lipinski definition) is 6. The van der Waals surface area contributed by atoms with Crippen LogP contribution in [0.25, 0.3) is 0 Å². The van der Waals surface area contributed by atoms with Crippen LogP contribution in [0, 0.1) is 50.7 Å². The van der Waals surface area contributed by atoms with Gasteiger partial charge in [0, 0.05) is 23.2 Å². The summed E-state index contributed by atoms with van der Waals surface area (Å²) in [5.74, 6) is -0.122. The van der Waals surface area contributed by atoms with E-state index in [-0.39, 0.29) is 39.6 Å². The first kappa shape index (κ1) is 24.8. The molecule has 2 saturated heterocycles. The maximum atomic E-state index is 12.5. The summed E-state index contributed by atoms with van der Waals surface area (Å²) in [6, 6.07) is 0. The van der Waals surface area contributed by atoms with Crippen molar-refractivity contribution >= 4 is 0 Å². The molecule has 7 aliphatic rings. The molecule has 2 unspecified atom stereocenters. The molecule has 7 rings (SSSR count). The van der Waals surface area contributed by atoms with Gasteiger partial charge in [0.1, 0.15) is 12.2 Å². The first-order chi connectivity index (χ1) is 16.5. The third-order valence-electron chi connectivity index (χ3n) is 14.2. The zero-order chi connectivity index (χ0) is 26.1. The van der Waals surface area contributed by atoms with E-state index < -0.39 is 41.2 Å². The maximum absolute atomic E-state index is 12.5. The molecule has 6 heteroatoms. The minimum atomic E-state index is -1.08. The fourth-order valence-corrected chi connectivity index (χ4v) is 12.7. The molecule has 7 fully saturated rings. The van der Waals surface area contributed by atoms with Gasteiger partial charge in [0.25, 0.3) is 0 Å². The van der Waals surface area contributed by atoms with E-state index in [2.05, 4.69) is 34.6 Å². The van der Waals surface area contributed by atoms with Crippen molar-refractivity contribution < 1.29 is 29.9 Å². The average Bonchev–Trinajstić information content (AvgIpc) is 3.32. The lowest BCUT2D eigenvalue weighted by Crippen LogP contribution is -2.62. The van der Waals surface area contributed by atoms with Gasteiger partial charge in [-0.25, -0.2) is 0 Å². The van der Waals surface area contributed by atoms with E-state index in [0.29, 0.717) is 18.3 Å². The fourth-order valence-electron chi connectivity index (χ4n) is 12.7. The fraction of sp³-hybridized carbons (Fsp3) is 1.00. The van der Waals surface area contributed by atoms with Gasteiger partial charge in [0.05, 0.1) is 23.9 Å². The Morgan fingerprint density at radius 3 is 2.19 bits per heavy atom. The minimum absolute atomic E-state index is 0.00299. The van der Waals surface area contributed by atoms with Crippen LogP contribution in [-0.4, -0.2) is 62.3 Å². The SMILES string of the molecule is C[C@@H]1C[C@H]2O[C@]3(O[C@@H]2C(C)(C)O)[C@H]1[C@@]1(C)CC[C@@]24C[C@]25C(CCC4[C@]1(C)[C@H]3O)C(C)(C)[C@@H](O)C[C@@H]5O. The van der Waals surface area contributed by atoms with Crippen LogP contribution in [0.1, 0.15) is 93.4 Å². The minimum Gasteiger partial charge on any atom is -0.392 e. The van der Waals surface area contributed by atoms with Gasteiger partial charge in [-0.15, -0.1) is 0 Å². The number of hydrogen-bond donors (Lipinski definition) is 4. The zero-order valence-electron chi connectivity index (χ0n) is 23.3. The molecule has 204 valence electrons. The Balaban J connectivity index is 1.34. The molecule has 3 spiro atoms. The Hall–Kier alpha value is -0.240. The van der Waals surface area contributed by atoms with E-state index in [1.807, 2.05) is 0 Å². The van der Waals surface area contributed by atoms with Gasteiger partial charge in [-0.2, -0.15) is 0 Å². The van der Waals surface area contributed by atoms with Crippen molar-refractivity contribution in [1.29, 1.82) is 0 Å². The standard InChI is InChI=1S/C30H48O6/c1-15-12-16-22(25(4,5)34)36-30(35-16)21(15)26(6)10-11-28-14-29(28)17(24(2,3)19(31)13-20(29)32)8-9-18(28)27(26,7)23(30)33/h15-23,31-34H,8-14H2,1-7H3/t15-,16-,17?,18?,19+,20+,21-,22+,23-,26-,27-,28+,29-,30+/m1/s1. The van der Waals surface area contributed by atoms with Crippen molar-refractivity contribution in [3.8, 4) is 0 Å². The Morgan fingerprint density at radius 2 is 1.53 bits per heavy atom. The van der Waals surface area contributed by atoms with Gasteiger partial charge in [-0.1, -0.05) is 34.6 Å². The largest absolute Gasteiger partial charge is 0.392 e. The number of aliphatic hydroxyl groups excluding tert-OH is 3. The second-order valence-electron chi connectivity index (χ2n) is 16.0. The highest BCUT2D eigenvalue weighted by atomic mass is 16.8. The van der Waals surface area contributed by atoms with Crippen molar-refractivity contribution in [1.82, 2.24) is 0 Å². The van der Waals surface area contributed by atoms with E-state index in [4.69, 9.17) is 9.47 Å². The maximum Gasteiger partial charge on any atom is 0.199 e. The highest BCUT2D eigenvalue weighted by Gasteiger charge is 2.89. The van der Waals surface area contributed by atoms with Crippen LogP contribution in [-0.2, 0) is 9.47 Å². The molecule has 0 aromatic carbocycles. The summed E-state index contributed by atoms with van der Waals surface area (Å²) in [5, 5.41) is 45.9. The quantitative estimate of drug-likeness (QED) is 0.435. The van der Waals surface area contributed by atoms with E-state index in [1.165, 1.54) is 0 Å². The van der Waals surface area contributed by atoms with Crippen LogP contribution in [0.5, 0.6) is 0 Å². The summed E-state index contributed by atoms with van der Waals surface area (Å²) < 4.78 is 13.5. The number of aliphatic hydroxyl groups is 4. The molecule has 2 bridgehead atoms. The normalized spacial score (nSPS) is 64.6. The summed E-state index contributed by atoms with van der Waals surface area (Å²) in [4.78, 5) is 0. The van der Waals surface area contributed by atoms with Crippen molar-refractivity contribution in [2.24, 2.45) is 50.7 Å². The Labute approximate surface area is 216 Å². The average molecular weight is 505 g/mol. The smallest absolute Gasteiger partial charge is 0.199 e. The van der Waals surface area contributed by atoms with Crippen LogP contribution in [0.2, 0.25) is 0 Å². The van der Waals surface area contributed by atoms with E-state index in [9.17, 15) is 20.4 Å². The summed E-state index contributed by atoms with van der Waals surface area (Å²) in [5.41, 5.74) is -1.99. The molecule has 2 heterocycles. The highest BCUT2D eigenvalue weighted by Crippen LogP contribution is 2.90. The van der Waals surface area contributed by atoms with Crippen LogP contribution in [0.4, 0.5) is 0 Å². The van der Waals surface area contributed by atoms with Crippen molar-refractivity contribution in [2.45, 2.75) is 135 Å². The number of fused-ring (bicyclic) bond motifs is 4. The van der Waals surface area contributed by atoms with E-state index in [0.717, 1.165) is 38.5 Å². The molecule has 0 amide bonds. The number of ether oxygens (including phenoxy) is 2. The molecular formula is C30H48O6. The Morgan fingerprint density at radius 1 is 0.861 bits per heavy atom. The van der Waals surface area contributed by atoms with Gasteiger partial charge in [-0.05, 0) is 86.4 Å². The van der Waals surface area contributed by atoms with Gasteiger partial charge in [0.2, 0.25) is 0 Å². The second kappa shape index (κ2) is 6.55. The second-order valence-corrected chi connectivity index (χ2v) is 16.0. The molecule has 4 N–H and O–H groups in total. The van der Waals surface area contributed by atoms with Gasteiger partial charge >= 0.3 is 0 Å². The lowest BCUT2D eigenvalue weighted by molar-refractivity contribution is -0.282. The topological polar surface area (TPSA) is 99.4 Å². The first-order valence-corrected chi connectivity index (χ1v) is 14.7. The molecule has 6 nitrogen and oxygen atoms in total. The van der Waals surface area contributed by atoms with Crippen LogP contribution >= 0.6 is 0 Å². The van der Waals surface area contributed by atoms with Crippen LogP contribution in [0.3, 0.4) is 0 Å². The summed E-state index contributed by atoms with van der Waals surface area (Å²) in [7, 11) is 0.